The Morgan fingerprint density at radius 3 is 2.43 bits per heavy atom. The molecule has 6 atom stereocenters. The topological polar surface area (TPSA) is 127 Å². The van der Waals surface area contributed by atoms with Crippen LogP contribution in [0.15, 0.2) is 17.1 Å². The van der Waals surface area contributed by atoms with E-state index in [1.54, 1.807) is 26.1 Å². The van der Waals surface area contributed by atoms with E-state index >= 15 is 0 Å². The quantitative estimate of drug-likeness (QED) is 0.360. The van der Waals surface area contributed by atoms with E-state index in [-0.39, 0.29) is 68.0 Å². The number of aliphatic hydroxyl groups is 1. The van der Waals surface area contributed by atoms with Gasteiger partial charge in [0.15, 0.2) is 0 Å². The van der Waals surface area contributed by atoms with Gasteiger partial charge >= 0.3 is 5.69 Å². The molecule has 0 radical (unpaired) electrons. The van der Waals surface area contributed by atoms with Crippen LogP contribution in [0.3, 0.4) is 0 Å². The molecule has 1 amide bonds. The number of fused-ring (bicyclic) bond motifs is 2. The van der Waals surface area contributed by atoms with Crippen molar-refractivity contribution in [1.29, 1.82) is 0 Å². The number of ether oxygens (including phenoxy) is 1. The lowest BCUT2D eigenvalue weighted by molar-refractivity contribution is -0.118. The van der Waals surface area contributed by atoms with Gasteiger partial charge in [-0.25, -0.2) is 9.46 Å². The molecular formula is C30H52N5O6PS2. The number of aromatic nitrogens is 2. The second-order valence-electron chi connectivity index (χ2n) is 13.2. The van der Waals surface area contributed by atoms with Gasteiger partial charge in [0.2, 0.25) is 5.91 Å². The van der Waals surface area contributed by atoms with Crippen LogP contribution < -0.4 is 16.3 Å². The van der Waals surface area contributed by atoms with Gasteiger partial charge in [-0.3, -0.25) is 9.36 Å². The van der Waals surface area contributed by atoms with Crippen molar-refractivity contribution in [3.8, 4) is 0 Å². The molecule has 0 aromatic carbocycles. The Hall–Kier alpha value is -0.760. The van der Waals surface area contributed by atoms with Gasteiger partial charge < -0.3 is 29.5 Å². The third-order valence-corrected chi connectivity index (χ3v) is 12.1. The Kier molecular flexibility index (Phi) is 12.3. The van der Waals surface area contributed by atoms with Crippen molar-refractivity contribution in [3.05, 3.63) is 22.7 Å². The first-order chi connectivity index (χ1) is 20.2. The molecule has 14 heteroatoms. The smallest absolute Gasteiger partial charge is 0.351 e. The summed E-state index contributed by atoms with van der Waals surface area (Å²) in [7, 11) is -1.08. The maximum Gasteiger partial charge on any atom is 0.351 e. The van der Waals surface area contributed by atoms with E-state index < -0.39 is 20.4 Å². The highest BCUT2D eigenvalue weighted by atomic mass is 32.1. The minimum absolute atomic E-state index is 0. The maximum absolute atomic E-state index is 12.6. The summed E-state index contributed by atoms with van der Waals surface area (Å²) in [6, 6.07) is 2.57. The van der Waals surface area contributed by atoms with Crippen molar-refractivity contribution in [2.75, 3.05) is 18.4 Å². The van der Waals surface area contributed by atoms with Crippen LogP contribution in [-0.4, -0.2) is 73.8 Å². The fraction of sp³-hybridized carbons (Fsp3) is 0.833. The van der Waals surface area contributed by atoms with Crippen molar-refractivity contribution >= 4 is 47.2 Å². The normalized spacial score (nSPS) is 32.9. The molecule has 4 saturated heterocycles. The number of carbonyl (C=O) groups excluding carboxylic acids is 1. The van der Waals surface area contributed by atoms with Crippen LogP contribution >= 0.6 is 35.5 Å². The van der Waals surface area contributed by atoms with Crippen LogP contribution in [0, 0.1) is 5.92 Å². The number of hydrogen-bond donors (Lipinski definition) is 3. The molecule has 2 unspecified atom stereocenters. The highest BCUT2D eigenvalue weighted by molar-refractivity contribution is 7.59. The Balaban J connectivity index is 0.000000312. The van der Waals surface area contributed by atoms with Gasteiger partial charge in [0.1, 0.15) is 12.0 Å². The summed E-state index contributed by atoms with van der Waals surface area (Å²) < 4.78 is 23.2. The molecule has 1 aromatic rings. The molecule has 3 N–H and O–H groups in total. The number of amides is 1. The first-order valence-corrected chi connectivity index (χ1v) is 17.3. The zero-order valence-corrected chi connectivity index (χ0v) is 29.2. The zero-order chi connectivity index (χ0) is 29.5. The van der Waals surface area contributed by atoms with E-state index in [1.807, 2.05) is 0 Å². The predicted molar refractivity (Wildman–Crippen MR) is 181 cm³/mol. The van der Waals surface area contributed by atoms with Gasteiger partial charge in [-0.15, -0.1) is 0 Å². The van der Waals surface area contributed by atoms with E-state index in [0.717, 1.165) is 45.2 Å². The summed E-state index contributed by atoms with van der Waals surface area (Å²) in [5.74, 6) is -0.0967. The van der Waals surface area contributed by atoms with Gasteiger partial charge in [0, 0.05) is 37.2 Å². The molecule has 250 valence electrons. The molecule has 11 nitrogen and oxygen atoms in total. The highest BCUT2D eigenvalue weighted by Gasteiger charge is 2.60. The summed E-state index contributed by atoms with van der Waals surface area (Å²) in [6.45, 7) is 7.80. The fourth-order valence-electron chi connectivity index (χ4n) is 7.37. The largest absolute Gasteiger partial charge is 0.388 e. The Labute approximate surface area is 276 Å². The first kappa shape index (κ1) is 36.1. The van der Waals surface area contributed by atoms with Crippen LogP contribution in [0.25, 0.3) is 0 Å². The van der Waals surface area contributed by atoms with Crippen LogP contribution in [-0.2, 0) is 18.6 Å². The standard InChI is InChI=1S/C22H33N4O5P.C8H15NO.2H2S/c1-4-15-16(30-32-26-12-7-17(26)22(31-32)9-5-6-10-22)13-19(29-15)25-11-8-18(24-21(25)28)23-20(27)14(2)3;10-8(4-1-2-5-8)7-3-6-9-7;;/h8,11,14-17,19H,4-7,9-10,12-13H2,1-3H3,(H,23,24,27,28);7,9-10H,1-6H2;2*1H2/t15-,16?,17+,19-,32?;7-;;/m10../s1. The summed E-state index contributed by atoms with van der Waals surface area (Å²) in [5, 5.41) is 15.9. The second-order valence-corrected chi connectivity index (χ2v) is 14.6. The summed E-state index contributed by atoms with van der Waals surface area (Å²) in [6.07, 6.45) is 13.9. The molecule has 1 aromatic heterocycles. The number of anilines is 1. The molecule has 44 heavy (non-hydrogen) atoms. The lowest BCUT2D eigenvalue weighted by Gasteiger charge is -2.40. The van der Waals surface area contributed by atoms with Crippen molar-refractivity contribution in [1.82, 2.24) is 19.5 Å². The molecule has 0 bridgehead atoms. The third-order valence-electron chi connectivity index (χ3n) is 10.2. The summed E-state index contributed by atoms with van der Waals surface area (Å²) in [5.41, 5.74) is -0.762. The van der Waals surface area contributed by atoms with Crippen LogP contribution in [0.2, 0.25) is 0 Å². The minimum atomic E-state index is -1.08. The highest BCUT2D eigenvalue weighted by Crippen LogP contribution is 2.66. The lowest BCUT2D eigenvalue weighted by Crippen LogP contribution is -2.57. The average Bonchev–Trinajstić information content (AvgIpc) is 3.66. The zero-order valence-electron chi connectivity index (χ0n) is 26.3. The molecule has 2 aliphatic carbocycles. The van der Waals surface area contributed by atoms with Gasteiger partial charge in [0.25, 0.3) is 8.53 Å². The number of rotatable bonds is 7. The van der Waals surface area contributed by atoms with Crippen LogP contribution in [0.5, 0.6) is 0 Å². The summed E-state index contributed by atoms with van der Waals surface area (Å²) in [4.78, 5) is 28.6. The van der Waals surface area contributed by atoms with Gasteiger partial charge in [-0.05, 0) is 57.6 Å². The SMILES string of the molecule is CC[C@H]1O[C@@H](n2ccc(NC(=O)C(C)C)nc2=O)CC1OP1OC2(CCCC2)[C@@H]2CCN21.OC1([C@@H]2CCN2)CCCC1.S.S. The van der Waals surface area contributed by atoms with E-state index in [4.69, 9.17) is 13.8 Å². The van der Waals surface area contributed by atoms with Crippen LogP contribution in [0.4, 0.5) is 5.82 Å². The van der Waals surface area contributed by atoms with E-state index in [0.29, 0.717) is 18.5 Å². The maximum atomic E-state index is 12.6. The number of hydrogen-bond acceptors (Lipinski definition) is 9. The Bertz CT molecular complexity index is 1180. The third kappa shape index (κ3) is 7.21. The molecule has 6 aliphatic rings. The second kappa shape index (κ2) is 15.0. The molecule has 7 rings (SSSR count). The summed E-state index contributed by atoms with van der Waals surface area (Å²) >= 11 is 0. The number of nitrogens with one attached hydrogen (secondary N) is 2. The monoisotopic (exact) mass is 673 g/mol. The van der Waals surface area contributed by atoms with Crippen LogP contribution in [0.1, 0.15) is 104 Å². The van der Waals surface area contributed by atoms with Crippen molar-refractivity contribution in [3.63, 3.8) is 0 Å². The van der Waals surface area contributed by atoms with Crippen molar-refractivity contribution in [2.24, 2.45) is 5.92 Å². The molecule has 2 saturated carbocycles. The van der Waals surface area contributed by atoms with E-state index in [2.05, 4.69) is 27.2 Å². The number of nitrogens with zero attached hydrogens (tertiary/aromatic N) is 3. The lowest BCUT2D eigenvalue weighted by atomic mass is 9.86. The molecular weight excluding hydrogens is 621 g/mol. The molecule has 1 spiro atoms. The van der Waals surface area contributed by atoms with E-state index in [9.17, 15) is 14.7 Å². The first-order valence-electron chi connectivity index (χ1n) is 16.2. The Morgan fingerprint density at radius 2 is 1.89 bits per heavy atom. The molecule has 5 heterocycles. The van der Waals surface area contributed by atoms with Gasteiger partial charge in [-0.2, -0.15) is 32.0 Å². The van der Waals surface area contributed by atoms with Crippen molar-refractivity contribution < 1.29 is 23.7 Å². The Morgan fingerprint density at radius 1 is 1.20 bits per heavy atom. The van der Waals surface area contributed by atoms with Crippen molar-refractivity contribution in [2.45, 2.75) is 140 Å². The number of carbonyl (C=O) groups is 1. The molecule has 6 fully saturated rings. The fourth-order valence-corrected chi connectivity index (χ4v) is 9.54. The van der Waals surface area contributed by atoms with Gasteiger partial charge in [-0.1, -0.05) is 46.5 Å². The minimum Gasteiger partial charge on any atom is -0.388 e. The average molecular weight is 674 g/mol. The van der Waals surface area contributed by atoms with E-state index in [1.165, 1.54) is 43.1 Å². The predicted octanol–water partition coefficient (Wildman–Crippen LogP) is 4.44. The molecule has 4 aliphatic heterocycles. The van der Waals surface area contributed by atoms with Gasteiger partial charge in [0.05, 0.1) is 23.4 Å².